The number of benzene rings is 1. The molecule has 5 heteroatoms. The van der Waals surface area contributed by atoms with Crippen molar-refractivity contribution in [2.45, 2.75) is 26.4 Å². The Morgan fingerprint density at radius 3 is 2.30 bits per heavy atom. The summed E-state index contributed by atoms with van der Waals surface area (Å²) in [5, 5.41) is 8.87. The number of carboxylic acids is 1. The second-order valence-corrected chi connectivity index (χ2v) is 4.78. The van der Waals surface area contributed by atoms with Crippen molar-refractivity contribution in [1.82, 2.24) is 9.97 Å². The minimum atomic E-state index is -1.02. The van der Waals surface area contributed by atoms with E-state index in [-0.39, 0.29) is 11.6 Å². The Morgan fingerprint density at radius 2 is 1.80 bits per heavy atom. The third-order valence-electron chi connectivity index (χ3n) is 2.96. The third-order valence-corrected chi connectivity index (χ3v) is 2.96. The Morgan fingerprint density at radius 1 is 1.20 bits per heavy atom. The summed E-state index contributed by atoms with van der Waals surface area (Å²) in [4.78, 5) is 21.1. The standard InChI is InChI=1S/C15H17N3O2/c1-11(2)18(10-12-6-4-3-5-7-12)15-16-8-13(9-17-15)14(19)20/h3-9,11H,10H2,1-2H3,(H,19,20). The van der Waals surface area contributed by atoms with Gasteiger partial charge in [0, 0.05) is 25.0 Å². The molecule has 1 aromatic carbocycles. The number of carbonyl (C=O) groups is 1. The highest BCUT2D eigenvalue weighted by Crippen LogP contribution is 2.15. The van der Waals surface area contributed by atoms with E-state index in [4.69, 9.17) is 5.11 Å². The lowest BCUT2D eigenvalue weighted by atomic mass is 10.2. The van der Waals surface area contributed by atoms with Crippen LogP contribution in [0.1, 0.15) is 29.8 Å². The molecule has 0 saturated heterocycles. The van der Waals surface area contributed by atoms with Crippen LogP contribution in [0.2, 0.25) is 0 Å². The second-order valence-electron chi connectivity index (χ2n) is 4.78. The summed E-state index contributed by atoms with van der Waals surface area (Å²) in [6.07, 6.45) is 2.68. The molecule has 0 radical (unpaired) electrons. The second kappa shape index (κ2) is 6.14. The average molecular weight is 271 g/mol. The minimum absolute atomic E-state index is 0.0946. The summed E-state index contributed by atoms with van der Waals surface area (Å²) in [5.41, 5.74) is 1.25. The first-order valence-corrected chi connectivity index (χ1v) is 6.44. The topological polar surface area (TPSA) is 66.3 Å². The summed E-state index contributed by atoms with van der Waals surface area (Å²) in [7, 11) is 0. The number of carboxylic acid groups (broad SMARTS) is 1. The number of hydrogen-bond acceptors (Lipinski definition) is 4. The molecule has 0 aliphatic rings. The first kappa shape index (κ1) is 14.0. The summed E-state index contributed by atoms with van der Waals surface area (Å²) in [6.45, 7) is 4.79. The zero-order chi connectivity index (χ0) is 14.5. The lowest BCUT2D eigenvalue weighted by Crippen LogP contribution is -2.31. The Balaban J connectivity index is 2.22. The summed E-state index contributed by atoms with van der Waals surface area (Å²) in [6, 6.07) is 10.2. The fourth-order valence-corrected chi connectivity index (χ4v) is 1.84. The van der Waals surface area contributed by atoms with Gasteiger partial charge in [0.25, 0.3) is 0 Å². The molecule has 0 amide bonds. The van der Waals surface area contributed by atoms with Crippen LogP contribution in [0.5, 0.6) is 0 Å². The molecule has 0 fully saturated rings. The van der Waals surface area contributed by atoms with E-state index in [9.17, 15) is 4.79 Å². The van der Waals surface area contributed by atoms with Crippen molar-refractivity contribution >= 4 is 11.9 Å². The summed E-state index contributed by atoms with van der Waals surface area (Å²) >= 11 is 0. The highest BCUT2D eigenvalue weighted by molar-refractivity contribution is 5.86. The number of aromatic nitrogens is 2. The molecule has 2 rings (SSSR count). The van der Waals surface area contributed by atoms with Gasteiger partial charge < -0.3 is 10.0 Å². The van der Waals surface area contributed by atoms with Crippen LogP contribution in [0.25, 0.3) is 0 Å². The van der Waals surface area contributed by atoms with Gasteiger partial charge in [-0.1, -0.05) is 30.3 Å². The molecule has 0 aliphatic heterocycles. The van der Waals surface area contributed by atoms with Crippen molar-refractivity contribution in [1.29, 1.82) is 0 Å². The van der Waals surface area contributed by atoms with Crippen molar-refractivity contribution in [3.63, 3.8) is 0 Å². The van der Waals surface area contributed by atoms with Gasteiger partial charge in [0.1, 0.15) is 0 Å². The number of nitrogens with zero attached hydrogens (tertiary/aromatic N) is 3. The van der Waals surface area contributed by atoms with Crippen LogP contribution in [0, 0.1) is 0 Å². The Kier molecular flexibility index (Phi) is 4.30. The molecule has 0 saturated carbocycles. The maximum atomic E-state index is 10.8. The number of anilines is 1. The zero-order valence-electron chi connectivity index (χ0n) is 11.5. The van der Waals surface area contributed by atoms with Crippen molar-refractivity contribution in [2.75, 3.05) is 4.90 Å². The Bertz CT molecular complexity index is 567. The number of hydrogen-bond donors (Lipinski definition) is 1. The maximum absolute atomic E-state index is 10.8. The lowest BCUT2D eigenvalue weighted by Gasteiger charge is -2.26. The fraction of sp³-hybridized carbons (Fsp3) is 0.267. The fourth-order valence-electron chi connectivity index (χ4n) is 1.84. The van der Waals surface area contributed by atoms with Crippen molar-refractivity contribution in [3.8, 4) is 0 Å². The molecule has 1 N–H and O–H groups in total. The van der Waals surface area contributed by atoms with E-state index >= 15 is 0 Å². The molecule has 1 heterocycles. The highest BCUT2D eigenvalue weighted by atomic mass is 16.4. The summed E-state index contributed by atoms with van der Waals surface area (Å²) in [5.74, 6) is -0.482. The highest BCUT2D eigenvalue weighted by Gasteiger charge is 2.14. The van der Waals surface area contributed by atoms with Crippen LogP contribution >= 0.6 is 0 Å². The van der Waals surface area contributed by atoms with Gasteiger partial charge in [-0.15, -0.1) is 0 Å². The third kappa shape index (κ3) is 3.32. The van der Waals surface area contributed by atoms with E-state index in [1.165, 1.54) is 12.4 Å². The van der Waals surface area contributed by atoms with E-state index in [0.29, 0.717) is 12.5 Å². The van der Waals surface area contributed by atoms with Crippen molar-refractivity contribution in [3.05, 3.63) is 53.9 Å². The van der Waals surface area contributed by atoms with Crippen molar-refractivity contribution in [2.24, 2.45) is 0 Å². The van der Waals surface area contributed by atoms with Crippen LogP contribution in [-0.4, -0.2) is 27.1 Å². The van der Waals surface area contributed by atoms with Gasteiger partial charge in [0.05, 0.1) is 5.56 Å². The van der Waals surface area contributed by atoms with Gasteiger partial charge in [0.2, 0.25) is 5.95 Å². The van der Waals surface area contributed by atoms with Gasteiger partial charge in [-0.2, -0.15) is 0 Å². The van der Waals surface area contributed by atoms with Gasteiger partial charge in [-0.25, -0.2) is 14.8 Å². The molecule has 2 aromatic rings. The van der Waals surface area contributed by atoms with E-state index in [1.54, 1.807) is 0 Å². The van der Waals surface area contributed by atoms with Gasteiger partial charge in [-0.05, 0) is 19.4 Å². The normalized spacial score (nSPS) is 10.6. The molecule has 0 unspecified atom stereocenters. The van der Waals surface area contributed by atoms with Gasteiger partial charge in [-0.3, -0.25) is 0 Å². The molecule has 0 atom stereocenters. The quantitative estimate of drug-likeness (QED) is 0.905. The first-order valence-electron chi connectivity index (χ1n) is 6.44. The Hall–Kier alpha value is -2.43. The SMILES string of the molecule is CC(C)N(Cc1ccccc1)c1ncc(C(=O)O)cn1. The molecule has 5 nitrogen and oxygen atoms in total. The average Bonchev–Trinajstić information content (AvgIpc) is 2.45. The zero-order valence-corrected chi connectivity index (χ0v) is 11.5. The molecular weight excluding hydrogens is 254 g/mol. The monoisotopic (exact) mass is 271 g/mol. The predicted molar refractivity (Wildman–Crippen MR) is 76.8 cm³/mol. The van der Waals surface area contributed by atoms with E-state index in [0.717, 1.165) is 5.56 Å². The molecule has 104 valence electrons. The van der Waals surface area contributed by atoms with E-state index < -0.39 is 5.97 Å². The maximum Gasteiger partial charge on any atom is 0.338 e. The van der Waals surface area contributed by atoms with E-state index in [2.05, 4.69) is 23.8 Å². The molecule has 1 aromatic heterocycles. The number of aromatic carboxylic acids is 1. The minimum Gasteiger partial charge on any atom is -0.478 e. The predicted octanol–water partition coefficient (Wildman–Crippen LogP) is 2.59. The molecule has 20 heavy (non-hydrogen) atoms. The van der Waals surface area contributed by atoms with Crippen LogP contribution in [0.15, 0.2) is 42.7 Å². The molecule has 0 bridgehead atoms. The van der Waals surface area contributed by atoms with Crippen molar-refractivity contribution < 1.29 is 9.90 Å². The first-order chi connectivity index (χ1) is 9.58. The van der Waals surface area contributed by atoms with Gasteiger partial charge in [0.15, 0.2) is 0 Å². The molecule has 0 aliphatic carbocycles. The molecule has 0 spiro atoms. The lowest BCUT2D eigenvalue weighted by molar-refractivity contribution is 0.0696. The van der Waals surface area contributed by atoms with Crippen LogP contribution < -0.4 is 4.90 Å². The largest absolute Gasteiger partial charge is 0.478 e. The molecular formula is C15H17N3O2. The van der Waals surface area contributed by atoms with E-state index in [1.807, 2.05) is 35.2 Å². The van der Waals surface area contributed by atoms with Gasteiger partial charge >= 0.3 is 5.97 Å². The van der Waals surface area contributed by atoms with Crippen LogP contribution in [0.4, 0.5) is 5.95 Å². The van der Waals surface area contributed by atoms with Crippen LogP contribution in [-0.2, 0) is 6.54 Å². The summed E-state index contributed by atoms with van der Waals surface area (Å²) < 4.78 is 0. The smallest absolute Gasteiger partial charge is 0.338 e. The van der Waals surface area contributed by atoms with Crippen LogP contribution in [0.3, 0.4) is 0 Å². The number of rotatable bonds is 5. The Labute approximate surface area is 117 Å².